The van der Waals surface area contributed by atoms with Gasteiger partial charge in [-0.3, -0.25) is 9.97 Å². The van der Waals surface area contributed by atoms with Crippen LogP contribution in [-0.2, 0) is 13.1 Å². The number of rotatable bonds is 6. The molecule has 0 atom stereocenters. The van der Waals surface area contributed by atoms with Crippen molar-refractivity contribution in [3.05, 3.63) is 78.4 Å². The topological polar surface area (TPSA) is 47.0 Å². The molecule has 0 radical (unpaired) electrons. The van der Waals surface area contributed by atoms with E-state index in [0.29, 0.717) is 18.8 Å². The maximum absolute atomic E-state index is 5.80. The zero-order chi connectivity index (χ0) is 15.9. The minimum atomic E-state index is 0.694. The normalized spacial score (nSPS) is 10.5. The van der Waals surface area contributed by atoms with Crippen LogP contribution in [0.2, 0.25) is 0 Å². The molecular weight excluding hydrogens is 306 g/mol. The van der Waals surface area contributed by atoms with E-state index in [1.807, 2.05) is 48.5 Å². The minimum Gasteiger partial charge on any atom is -0.456 e. The van der Waals surface area contributed by atoms with Crippen molar-refractivity contribution in [3.63, 3.8) is 0 Å². The molecular formula is C18H17N3OS. The lowest BCUT2D eigenvalue weighted by atomic mass is 10.2. The van der Waals surface area contributed by atoms with Crippen molar-refractivity contribution in [2.24, 2.45) is 0 Å². The van der Waals surface area contributed by atoms with Crippen LogP contribution in [0.15, 0.2) is 72.0 Å². The first-order valence-corrected chi connectivity index (χ1v) is 7.76. The highest BCUT2D eigenvalue weighted by Gasteiger charge is 2.04. The summed E-state index contributed by atoms with van der Waals surface area (Å²) in [5, 5.41) is 3.37. The van der Waals surface area contributed by atoms with Crippen LogP contribution < -0.4 is 10.1 Å². The number of ether oxygens (including phenoxy) is 1. The Kier molecular flexibility index (Phi) is 5.24. The number of hydrogen-bond acceptors (Lipinski definition) is 5. The molecule has 0 aliphatic heterocycles. The summed E-state index contributed by atoms with van der Waals surface area (Å²) >= 11 is 4.51. The average Bonchev–Trinajstić information content (AvgIpc) is 2.59. The highest BCUT2D eigenvalue weighted by molar-refractivity contribution is 7.80. The molecule has 0 saturated carbocycles. The SMILES string of the molecule is Sc1ccc(Oc2cccnc2)cc1CNCc1ccccn1. The molecule has 1 aromatic carbocycles. The first-order valence-electron chi connectivity index (χ1n) is 7.31. The van der Waals surface area contributed by atoms with E-state index in [2.05, 4.69) is 27.9 Å². The smallest absolute Gasteiger partial charge is 0.145 e. The van der Waals surface area contributed by atoms with Crippen molar-refractivity contribution in [2.45, 2.75) is 18.0 Å². The molecule has 0 bridgehead atoms. The minimum absolute atomic E-state index is 0.694. The summed E-state index contributed by atoms with van der Waals surface area (Å²) in [6.07, 6.45) is 5.20. The van der Waals surface area contributed by atoms with Gasteiger partial charge in [-0.25, -0.2) is 0 Å². The Labute approximate surface area is 141 Å². The summed E-state index contributed by atoms with van der Waals surface area (Å²) in [5.74, 6) is 1.48. The summed E-state index contributed by atoms with van der Waals surface area (Å²) < 4.78 is 5.80. The zero-order valence-electron chi connectivity index (χ0n) is 12.5. The summed E-state index contributed by atoms with van der Waals surface area (Å²) in [6.45, 7) is 1.40. The van der Waals surface area contributed by atoms with Crippen molar-refractivity contribution < 1.29 is 4.74 Å². The fourth-order valence-electron chi connectivity index (χ4n) is 2.14. The van der Waals surface area contributed by atoms with Gasteiger partial charge in [0.05, 0.1) is 11.9 Å². The van der Waals surface area contributed by atoms with Gasteiger partial charge in [0.1, 0.15) is 11.5 Å². The van der Waals surface area contributed by atoms with Crippen LogP contribution in [0, 0.1) is 0 Å². The Bertz CT molecular complexity index is 751. The molecule has 116 valence electrons. The maximum Gasteiger partial charge on any atom is 0.145 e. The maximum atomic E-state index is 5.80. The Morgan fingerprint density at radius 3 is 2.70 bits per heavy atom. The van der Waals surface area contributed by atoms with Crippen LogP contribution in [0.3, 0.4) is 0 Å². The van der Waals surface area contributed by atoms with E-state index < -0.39 is 0 Å². The third kappa shape index (κ3) is 4.55. The quantitative estimate of drug-likeness (QED) is 0.677. The van der Waals surface area contributed by atoms with E-state index >= 15 is 0 Å². The molecule has 0 aliphatic rings. The first kappa shape index (κ1) is 15.5. The van der Waals surface area contributed by atoms with E-state index in [9.17, 15) is 0 Å². The molecule has 23 heavy (non-hydrogen) atoms. The lowest BCUT2D eigenvalue weighted by Gasteiger charge is -2.10. The van der Waals surface area contributed by atoms with Gasteiger partial charge in [0.25, 0.3) is 0 Å². The number of aromatic nitrogens is 2. The Morgan fingerprint density at radius 2 is 1.91 bits per heavy atom. The Morgan fingerprint density at radius 1 is 0.957 bits per heavy atom. The van der Waals surface area contributed by atoms with Gasteiger partial charge in [-0.05, 0) is 48.0 Å². The molecule has 0 aliphatic carbocycles. The predicted octanol–water partition coefficient (Wildman–Crippen LogP) is 3.85. The molecule has 0 unspecified atom stereocenters. The van der Waals surface area contributed by atoms with Gasteiger partial charge < -0.3 is 10.1 Å². The van der Waals surface area contributed by atoms with Crippen LogP contribution in [-0.4, -0.2) is 9.97 Å². The molecule has 3 aromatic rings. The van der Waals surface area contributed by atoms with Crippen LogP contribution >= 0.6 is 12.6 Å². The van der Waals surface area contributed by atoms with E-state index in [1.54, 1.807) is 18.6 Å². The highest BCUT2D eigenvalue weighted by Crippen LogP contribution is 2.25. The molecule has 3 rings (SSSR count). The fourth-order valence-corrected chi connectivity index (χ4v) is 2.36. The van der Waals surface area contributed by atoms with Gasteiger partial charge in [0.15, 0.2) is 0 Å². The van der Waals surface area contributed by atoms with Crippen LogP contribution in [0.4, 0.5) is 0 Å². The summed E-state index contributed by atoms with van der Waals surface area (Å²) in [7, 11) is 0. The predicted molar refractivity (Wildman–Crippen MR) is 92.8 cm³/mol. The summed E-state index contributed by atoms with van der Waals surface area (Å²) in [4.78, 5) is 9.26. The third-order valence-electron chi connectivity index (χ3n) is 3.27. The van der Waals surface area contributed by atoms with Gasteiger partial charge in [0, 0.05) is 30.4 Å². The molecule has 5 heteroatoms. The highest BCUT2D eigenvalue weighted by atomic mass is 32.1. The van der Waals surface area contributed by atoms with Crippen molar-refractivity contribution in [1.82, 2.24) is 15.3 Å². The molecule has 4 nitrogen and oxygen atoms in total. The van der Waals surface area contributed by atoms with E-state index in [-0.39, 0.29) is 0 Å². The van der Waals surface area contributed by atoms with Crippen molar-refractivity contribution in [3.8, 4) is 11.5 Å². The molecule has 2 heterocycles. The number of hydrogen-bond donors (Lipinski definition) is 2. The monoisotopic (exact) mass is 323 g/mol. The van der Waals surface area contributed by atoms with Crippen LogP contribution in [0.25, 0.3) is 0 Å². The van der Waals surface area contributed by atoms with Gasteiger partial charge in [-0.2, -0.15) is 0 Å². The Hall–Kier alpha value is -2.37. The largest absolute Gasteiger partial charge is 0.456 e. The van der Waals surface area contributed by atoms with Gasteiger partial charge in [-0.15, -0.1) is 12.6 Å². The lowest BCUT2D eigenvalue weighted by Crippen LogP contribution is -2.14. The van der Waals surface area contributed by atoms with Gasteiger partial charge in [-0.1, -0.05) is 6.07 Å². The molecule has 2 aromatic heterocycles. The van der Waals surface area contributed by atoms with E-state index in [1.165, 1.54) is 0 Å². The Balaban J connectivity index is 1.63. The van der Waals surface area contributed by atoms with Gasteiger partial charge in [0.2, 0.25) is 0 Å². The number of benzene rings is 1. The fraction of sp³-hybridized carbons (Fsp3) is 0.111. The standard InChI is InChI=1S/C18H17N3OS/c23-18-7-6-16(22-17-5-3-8-19-13-17)10-14(18)11-20-12-15-4-1-2-9-21-15/h1-10,13,20,23H,11-12H2. The van der Waals surface area contributed by atoms with Crippen molar-refractivity contribution in [2.75, 3.05) is 0 Å². The second-order valence-corrected chi connectivity index (χ2v) is 5.49. The van der Waals surface area contributed by atoms with Crippen LogP contribution in [0.1, 0.15) is 11.3 Å². The summed E-state index contributed by atoms with van der Waals surface area (Å²) in [6, 6.07) is 15.4. The average molecular weight is 323 g/mol. The number of nitrogens with one attached hydrogen (secondary N) is 1. The van der Waals surface area contributed by atoms with Gasteiger partial charge >= 0.3 is 0 Å². The summed E-state index contributed by atoms with van der Waals surface area (Å²) in [5.41, 5.74) is 2.08. The molecule has 0 saturated heterocycles. The second kappa shape index (κ2) is 7.76. The van der Waals surface area contributed by atoms with Crippen molar-refractivity contribution >= 4 is 12.6 Å². The van der Waals surface area contributed by atoms with Crippen LogP contribution in [0.5, 0.6) is 11.5 Å². The number of thiol groups is 1. The molecule has 0 amide bonds. The molecule has 1 N–H and O–H groups in total. The van der Waals surface area contributed by atoms with E-state index in [0.717, 1.165) is 21.9 Å². The third-order valence-corrected chi connectivity index (χ3v) is 3.71. The number of pyridine rings is 2. The van der Waals surface area contributed by atoms with Crippen molar-refractivity contribution in [1.29, 1.82) is 0 Å². The lowest BCUT2D eigenvalue weighted by molar-refractivity contribution is 0.478. The second-order valence-electron chi connectivity index (χ2n) is 5.01. The molecule has 0 fully saturated rings. The first-order chi connectivity index (χ1) is 11.3. The number of nitrogens with zero attached hydrogens (tertiary/aromatic N) is 2. The zero-order valence-corrected chi connectivity index (χ0v) is 13.4. The molecule has 0 spiro atoms. The van der Waals surface area contributed by atoms with E-state index in [4.69, 9.17) is 4.74 Å².